The number of fused-ring (bicyclic) bond motifs is 2. The molecule has 1 heterocycles. The molecule has 1 unspecified atom stereocenters. The number of carbonyl (C=O) groups is 1. The van der Waals surface area contributed by atoms with Crippen LogP contribution in [0.2, 0.25) is 0 Å². The number of ether oxygens (including phenoxy) is 2. The van der Waals surface area contributed by atoms with Crippen molar-refractivity contribution in [3.8, 4) is 0 Å². The van der Waals surface area contributed by atoms with Crippen LogP contribution in [0.3, 0.4) is 0 Å². The number of esters is 1. The van der Waals surface area contributed by atoms with Gasteiger partial charge in [-0.15, -0.1) is 0 Å². The van der Waals surface area contributed by atoms with E-state index < -0.39 is 5.41 Å². The van der Waals surface area contributed by atoms with Crippen LogP contribution in [0.4, 0.5) is 0 Å². The molecule has 0 bridgehead atoms. The molecule has 162 valence electrons. The highest BCUT2D eigenvalue weighted by Crippen LogP contribution is 2.63. The van der Waals surface area contributed by atoms with E-state index in [1.165, 1.54) is 30.4 Å². The zero-order valence-corrected chi connectivity index (χ0v) is 18.5. The topological polar surface area (TPSA) is 64.2 Å². The number of H-pyrrole nitrogens is 1. The summed E-state index contributed by atoms with van der Waals surface area (Å²) in [6.07, 6.45) is 4.75. The van der Waals surface area contributed by atoms with Crippen LogP contribution in [0.1, 0.15) is 55.1 Å². The van der Waals surface area contributed by atoms with Crippen LogP contribution < -0.4 is 0 Å². The summed E-state index contributed by atoms with van der Waals surface area (Å²) in [4.78, 5) is 21.1. The summed E-state index contributed by atoms with van der Waals surface area (Å²) in [5.41, 5.74) is 5.35. The molecule has 2 aliphatic rings. The summed E-state index contributed by atoms with van der Waals surface area (Å²) in [6, 6.07) is 14.9. The number of benzene rings is 2. The van der Waals surface area contributed by atoms with Crippen molar-refractivity contribution < 1.29 is 14.3 Å². The Balaban J connectivity index is 1.46. The number of nitrogens with one attached hydrogen (secondary N) is 1. The summed E-state index contributed by atoms with van der Waals surface area (Å²) in [5, 5.41) is 0. The molecule has 0 radical (unpaired) electrons. The predicted octanol–water partition coefficient (Wildman–Crippen LogP) is 4.69. The Hall–Kier alpha value is -2.66. The van der Waals surface area contributed by atoms with E-state index in [0.717, 1.165) is 28.8 Å². The molecular formula is C26H30N2O3. The molecule has 1 saturated carbocycles. The Morgan fingerprint density at radius 1 is 1.26 bits per heavy atom. The van der Waals surface area contributed by atoms with Crippen LogP contribution in [-0.2, 0) is 32.5 Å². The van der Waals surface area contributed by atoms with Crippen LogP contribution in [0.5, 0.6) is 0 Å². The molecule has 2 atom stereocenters. The van der Waals surface area contributed by atoms with Crippen molar-refractivity contribution in [3.05, 3.63) is 65.0 Å². The van der Waals surface area contributed by atoms with E-state index in [-0.39, 0.29) is 12.6 Å². The van der Waals surface area contributed by atoms with E-state index in [2.05, 4.69) is 29.2 Å². The second-order valence-corrected chi connectivity index (χ2v) is 9.40. The van der Waals surface area contributed by atoms with E-state index in [9.17, 15) is 4.79 Å². The van der Waals surface area contributed by atoms with Crippen molar-refractivity contribution in [1.82, 2.24) is 9.97 Å². The maximum absolute atomic E-state index is 12.7. The number of aromatic nitrogens is 2. The van der Waals surface area contributed by atoms with Crippen LogP contribution in [-0.4, -0.2) is 36.3 Å². The third-order valence-electron chi connectivity index (χ3n) is 7.33. The summed E-state index contributed by atoms with van der Waals surface area (Å²) in [7, 11) is 1.61. The lowest BCUT2D eigenvalue weighted by molar-refractivity contribution is -0.151. The zero-order valence-electron chi connectivity index (χ0n) is 18.5. The van der Waals surface area contributed by atoms with Gasteiger partial charge in [-0.1, -0.05) is 30.3 Å². The number of methoxy groups -OCH3 is 1. The zero-order chi connectivity index (χ0) is 21.6. The third-order valence-corrected chi connectivity index (χ3v) is 7.33. The minimum absolute atomic E-state index is 0.264. The molecule has 0 aliphatic heterocycles. The highest BCUT2D eigenvalue weighted by molar-refractivity contribution is 5.85. The second-order valence-electron chi connectivity index (χ2n) is 9.40. The predicted molar refractivity (Wildman–Crippen MR) is 120 cm³/mol. The van der Waals surface area contributed by atoms with E-state index in [0.29, 0.717) is 17.9 Å². The Morgan fingerprint density at radius 2 is 2.06 bits per heavy atom. The van der Waals surface area contributed by atoms with Gasteiger partial charge in [-0.2, -0.15) is 0 Å². The van der Waals surface area contributed by atoms with Gasteiger partial charge in [0.25, 0.3) is 0 Å². The van der Waals surface area contributed by atoms with Crippen molar-refractivity contribution in [1.29, 1.82) is 0 Å². The molecule has 5 heteroatoms. The van der Waals surface area contributed by atoms with Gasteiger partial charge in [0.15, 0.2) is 0 Å². The van der Waals surface area contributed by atoms with Crippen LogP contribution in [0.25, 0.3) is 11.0 Å². The Labute approximate surface area is 183 Å². The highest BCUT2D eigenvalue weighted by atomic mass is 16.5. The van der Waals surface area contributed by atoms with Crippen LogP contribution in [0.15, 0.2) is 42.5 Å². The maximum atomic E-state index is 12.7. The van der Waals surface area contributed by atoms with E-state index in [4.69, 9.17) is 14.5 Å². The first-order chi connectivity index (χ1) is 15.0. The average molecular weight is 419 g/mol. The van der Waals surface area contributed by atoms with Gasteiger partial charge in [-0.25, -0.2) is 4.98 Å². The summed E-state index contributed by atoms with van der Waals surface area (Å²) < 4.78 is 10.7. The lowest BCUT2D eigenvalue weighted by Gasteiger charge is -2.26. The fourth-order valence-electron chi connectivity index (χ4n) is 5.41. The molecule has 1 spiro atoms. The highest BCUT2D eigenvalue weighted by Gasteiger charge is 2.54. The molecule has 5 rings (SSSR count). The number of carbonyl (C=O) groups excluding carboxylic acids is 1. The van der Waals surface area contributed by atoms with Gasteiger partial charge >= 0.3 is 5.97 Å². The molecule has 2 aromatic carbocycles. The normalized spacial score (nSPS) is 20.5. The van der Waals surface area contributed by atoms with Gasteiger partial charge in [0, 0.05) is 13.5 Å². The van der Waals surface area contributed by atoms with Gasteiger partial charge in [0.2, 0.25) is 0 Å². The summed E-state index contributed by atoms with van der Waals surface area (Å²) >= 11 is 0. The van der Waals surface area contributed by atoms with Crippen molar-refractivity contribution >= 4 is 17.0 Å². The summed E-state index contributed by atoms with van der Waals surface area (Å²) in [6.45, 7) is 4.31. The average Bonchev–Trinajstić information content (AvgIpc) is 3.31. The van der Waals surface area contributed by atoms with Crippen molar-refractivity contribution in [2.24, 2.45) is 5.41 Å². The van der Waals surface area contributed by atoms with Crippen molar-refractivity contribution in [2.75, 3.05) is 20.3 Å². The summed E-state index contributed by atoms with van der Waals surface area (Å²) in [5.74, 6) is 1.28. The number of hydrogen-bond donors (Lipinski definition) is 1. The van der Waals surface area contributed by atoms with E-state index in [1.54, 1.807) is 7.11 Å². The second kappa shape index (κ2) is 7.49. The van der Waals surface area contributed by atoms with Crippen molar-refractivity contribution in [3.63, 3.8) is 0 Å². The smallest absolute Gasteiger partial charge is 0.318 e. The Morgan fingerprint density at radius 3 is 2.81 bits per heavy atom. The molecule has 31 heavy (non-hydrogen) atoms. The molecule has 1 aromatic heterocycles. The molecule has 3 aromatic rings. The number of hydrogen-bond acceptors (Lipinski definition) is 4. The number of nitrogens with zero attached hydrogens (tertiary/aromatic N) is 1. The molecule has 2 aliphatic carbocycles. The first kappa shape index (κ1) is 20.3. The minimum Gasteiger partial charge on any atom is -0.465 e. The van der Waals surface area contributed by atoms with Gasteiger partial charge in [-0.05, 0) is 73.3 Å². The van der Waals surface area contributed by atoms with Crippen molar-refractivity contribution in [2.45, 2.75) is 50.9 Å². The van der Waals surface area contributed by atoms with E-state index in [1.807, 2.05) is 32.0 Å². The molecular weight excluding hydrogens is 388 g/mol. The monoisotopic (exact) mass is 418 g/mol. The number of rotatable bonds is 7. The van der Waals surface area contributed by atoms with Gasteiger partial charge in [0.1, 0.15) is 11.2 Å². The first-order valence-corrected chi connectivity index (χ1v) is 11.2. The van der Waals surface area contributed by atoms with Gasteiger partial charge < -0.3 is 14.5 Å². The largest absolute Gasteiger partial charge is 0.465 e. The maximum Gasteiger partial charge on any atom is 0.318 e. The third kappa shape index (κ3) is 3.35. The van der Waals surface area contributed by atoms with Gasteiger partial charge in [0.05, 0.1) is 24.2 Å². The molecule has 1 N–H and O–H groups in total. The SMILES string of the molecule is CCOC(=O)C(C)(COC)c1ccc2nc(C[C@@H]3c4ccccc4CC34CC4)[nH]c2c1. The molecule has 0 amide bonds. The lowest BCUT2D eigenvalue weighted by atomic mass is 9.83. The first-order valence-electron chi connectivity index (χ1n) is 11.2. The van der Waals surface area contributed by atoms with E-state index >= 15 is 0 Å². The fraction of sp³-hybridized carbons (Fsp3) is 0.462. The standard InChI is InChI=1S/C26H30N2O3/c1-4-31-24(29)25(2,16-30-3)18-9-10-21-22(13-18)28-23(27-21)14-20-19-8-6-5-7-17(19)15-26(20)11-12-26/h5-10,13,20H,4,11-12,14-16H2,1-3H3,(H,27,28)/t20-,25?/m1/s1. The number of imidazole rings is 1. The lowest BCUT2D eigenvalue weighted by Crippen LogP contribution is -2.38. The Bertz CT molecular complexity index is 1130. The molecule has 0 saturated heterocycles. The minimum atomic E-state index is -0.854. The Kier molecular flexibility index (Phi) is 4.89. The molecule has 5 nitrogen and oxygen atoms in total. The quantitative estimate of drug-likeness (QED) is 0.565. The van der Waals surface area contributed by atoms with Gasteiger partial charge in [-0.3, -0.25) is 4.79 Å². The van der Waals surface area contributed by atoms with Crippen LogP contribution >= 0.6 is 0 Å². The van der Waals surface area contributed by atoms with Crippen LogP contribution in [0, 0.1) is 5.41 Å². The number of aromatic amines is 1. The molecule has 1 fully saturated rings. The fourth-order valence-corrected chi connectivity index (χ4v) is 5.41.